The Morgan fingerprint density at radius 2 is 1.72 bits per heavy atom. The molecule has 0 atom stereocenters. The number of imidazole rings is 1. The summed E-state index contributed by atoms with van der Waals surface area (Å²) in [4.78, 5) is 8.05. The number of aromatic amines is 1. The first-order chi connectivity index (χ1) is 13.7. The minimum atomic E-state index is -3.77. The molecule has 0 radical (unpaired) electrons. The quantitative estimate of drug-likeness (QED) is 0.682. The van der Waals surface area contributed by atoms with E-state index >= 15 is 0 Å². The molecule has 9 heteroatoms. The van der Waals surface area contributed by atoms with Gasteiger partial charge >= 0.3 is 0 Å². The van der Waals surface area contributed by atoms with Crippen LogP contribution in [-0.2, 0) is 19.9 Å². The number of rotatable bonds is 4. The van der Waals surface area contributed by atoms with E-state index in [1.165, 1.54) is 16.4 Å². The number of sulfonamides is 1. The molecule has 4 rings (SSSR count). The highest BCUT2D eigenvalue weighted by Gasteiger charge is 2.32. The van der Waals surface area contributed by atoms with Crippen molar-refractivity contribution >= 4 is 30.9 Å². The summed E-state index contributed by atoms with van der Waals surface area (Å²) in [5.74, 6) is 1.05. The lowest BCUT2D eigenvalue weighted by molar-refractivity contribution is 0.314. The summed E-state index contributed by atoms with van der Waals surface area (Å²) in [5.41, 5.74) is 2.42. The average Bonchev–Trinajstić information content (AvgIpc) is 3.11. The van der Waals surface area contributed by atoms with Crippen molar-refractivity contribution in [2.45, 2.75) is 35.5 Å². The summed E-state index contributed by atoms with van der Waals surface area (Å²) < 4.78 is 51.5. The number of hydrogen-bond donors (Lipinski definition) is 1. The molecular formula is C20H23N3O4S2. The lowest BCUT2D eigenvalue weighted by atomic mass is 9.97. The Bertz CT molecular complexity index is 1240. The molecule has 0 unspecified atom stereocenters. The van der Waals surface area contributed by atoms with Crippen LogP contribution in [0.25, 0.3) is 11.0 Å². The van der Waals surface area contributed by atoms with E-state index in [2.05, 4.69) is 9.97 Å². The van der Waals surface area contributed by atoms with Gasteiger partial charge in [0.05, 0.1) is 20.8 Å². The fourth-order valence-electron chi connectivity index (χ4n) is 3.76. The van der Waals surface area contributed by atoms with Crippen molar-refractivity contribution < 1.29 is 16.8 Å². The first kappa shape index (κ1) is 20.1. The molecular weight excluding hydrogens is 410 g/mol. The number of para-hydroxylation sites is 2. The standard InChI is InChI=1S/C20H23N3O4S2/c1-14-7-8-16(28(2,24)25)13-19(14)29(26,27)23-11-9-15(10-12-23)20-21-17-5-3-4-6-18(17)22-20/h3-8,13,15H,9-12H2,1-2H3,(H,21,22). The van der Waals surface area contributed by atoms with Crippen molar-refractivity contribution in [3.8, 4) is 0 Å². The van der Waals surface area contributed by atoms with E-state index in [1.54, 1.807) is 13.0 Å². The van der Waals surface area contributed by atoms with Gasteiger partial charge in [-0.25, -0.2) is 21.8 Å². The molecule has 7 nitrogen and oxygen atoms in total. The smallest absolute Gasteiger partial charge is 0.243 e. The Balaban J connectivity index is 1.56. The molecule has 0 aliphatic carbocycles. The van der Waals surface area contributed by atoms with Crippen molar-refractivity contribution in [1.29, 1.82) is 0 Å². The van der Waals surface area contributed by atoms with Gasteiger partial charge in [0.2, 0.25) is 10.0 Å². The number of aromatic nitrogens is 2. The summed E-state index contributed by atoms with van der Waals surface area (Å²) in [5, 5.41) is 0. The molecule has 2 heterocycles. The minimum absolute atomic E-state index is 0.0128. The van der Waals surface area contributed by atoms with Gasteiger partial charge in [0, 0.05) is 25.3 Å². The average molecular weight is 434 g/mol. The fourth-order valence-corrected chi connectivity index (χ4v) is 6.21. The maximum Gasteiger partial charge on any atom is 0.243 e. The van der Waals surface area contributed by atoms with Gasteiger partial charge in [-0.2, -0.15) is 4.31 Å². The van der Waals surface area contributed by atoms with Gasteiger partial charge in [0.15, 0.2) is 9.84 Å². The van der Waals surface area contributed by atoms with Crippen LogP contribution in [-0.4, -0.2) is 50.5 Å². The third-order valence-electron chi connectivity index (χ3n) is 5.45. The van der Waals surface area contributed by atoms with E-state index in [4.69, 9.17) is 0 Å². The van der Waals surface area contributed by atoms with E-state index in [0.717, 1.165) is 23.1 Å². The number of nitrogens with zero attached hydrogens (tertiary/aromatic N) is 2. The van der Waals surface area contributed by atoms with Crippen LogP contribution >= 0.6 is 0 Å². The largest absolute Gasteiger partial charge is 0.342 e. The van der Waals surface area contributed by atoms with Crippen LogP contribution in [0.4, 0.5) is 0 Å². The van der Waals surface area contributed by atoms with Crippen LogP contribution in [0.3, 0.4) is 0 Å². The first-order valence-electron chi connectivity index (χ1n) is 9.42. The molecule has 1 aromatic heterocycles. The zero-order valence-electron chi connectivity index (χ0n) is 16.3. The Morgan fingerprint density at radius 1 is 1.03 bits per heavy atom. The van der Waals surface area contributed by atoms with E-state index < -0.39 is 19.9 Å². The fraction of sp³-hybridized carbons (Fsp3) is 0.350. The maximum atomic E-state index is 13.2. The van der Waals surface area contributed by atoms with E-state index in [1.807, 2.05) is 24.3 Å². The molecule has 1 fully saturated rings. The number of hydrogen-bond acceptors (Lipinski definition) is 5. The van der Waals surface area contributed by atoms with Crippen LogP contribution in [0.5, 0.6) is 0 Å². The first-order valence-corrected chi connectivity index (χ1v) is 12.7. The predicted octanol–water partition coefficient (Wildman–Crippen LogP) is 2.84. The Labute approximate surface area is 170 Å². The number of piperidine rings is 1. The summed E-state index contributed by atoms with van der Waals surface area (Å²) in [6, 6.07) is 12.1. The molecule has 2 aromatic carbocycles. The van der Waals surface area contributed by atoms with Crippen LogP contribution in [0.1, 0.15) is 30.1 Å². The Kier molecular flexibility index (Phi) is 5.00. The highest BCUT2D eigenvalue weighted by Crippen LogP contribution is 2.31. The van der Waals surface area contributed by atoms with Crippen molar-refractivity contribution in [3.05, 3.63) is 53.9 Å². The molecule has 0 spiro atoms. The molecule has 0 bridgehead atoms. The number of fused-ring (bicyclic) bond motifs is 1. The van der Waals surface area contributed by atoms with Crippen molar-refractivity contribution in [3.63, 3.8) is 0 Å². The second-order valence-electron chi connectivity index (χ2n) is 7.52. The molecule has 3 aromatic rings. The van der Waals surface area contributed by atoms with Gasteiger partial charge < -0.3 is 4.98 Å². The monoisotopic (exact) mass is 433 g/mol. The molecule has 1 saturated heterocycles. The Hall–Kier alpha value is -2.23. The molecule has 154 valence electrons. The Morgan fingerprint density at radius 3 is 2.38 bits per heavy atom. The molecule has 0 amide bonds. The second kappa shape index (κ2) is 7.23. The molecule has 1 N–H and O–H groups in total. The SMILES string of the molecule is Cc1ccc(S(C)(=O)=O)cc1S(=O)(=O)N1CCC(c2nc3ccccc3[nH]2)CC1. The number of aryl methyl sites for hydroxylation is 1. The topological polar surface area (TPSA) is 100 Å². The van der Waals surface area contributed by atoms with E-state index in [-0.39, 0.29) is 15.7 Å². The molecule has 0 saturated carbocycles. The highest BCUT2D eigenvalue weighted by molar-refractivity contribution is 7.91. The van der Waals surface area contributed by atoms with Crippen LogP contribution < -0.4 is 0 Å². The normalized spacial score (nSPS) is 17.0. The van der Waals surface area contributed by atoms with Crippen molar-refractivity contribution in [2.24, 2.45) is 0 Å². The van der Waals surface area contributed by atoms with Crippen LogP contribution in [0.15, 0.2) is 52.3 Å². The zero-order chi connectivity index (χ0) is 20.8. The summed E-state index contributed by atoms with van der Waals surface area (Å²) in [6.45, 7) is 2.42. The molecule has 1 aliphatic heterocycles. The predicted molar refractivity (Wildman–Crippen MR) is 111 cm³/mol. The summed E-state index contributed by atoms with van der Waals surface area (Å²) in [7, 11) is -7.25. The number of benzene rings is 2. The molecule has 1 aliphatic rings. The van der Waals surface area contributed by atoms with E-state index in [9.17, 15) is 16.8 Å². The lowest BCUT2D eigenvalue weighted by Crippen LogP contribution is -2.38. The van der Waals surface area contributed by atoms with Crippen molar-refractivity contribution in [1.82, 2.24) is 14.3 Å². The third-order valence-corrected chi connectivity index (χ3v) is 8.60. The lowest BCUT2D eigenvalue weighted by Gasteiger charge is -2.30. The van der Waals surface area contributed by atoms with Gasteiger partial charge in [-0.3, -0.25) is 0 Å². The number of H-pyrrole nitrogens is 1. The van der Waals surface area contributed by atoms with Gasteiger partial charge in [0.25, 0.3) is 0 Å². The summed E-state index contributed by atoms with van der Waals surface area (Å²) in [6.07, 6.45) is 2.39. The zero-order valence-corrected chi connectivity index (χ0v) is 17.9. The minimum Gasteiger partial charge on any atom is -0.342 e. The molecule has 29 heavy (non-hydrogen) atoms. The van der Waals surface area contributed by atoms with Crippen LogP contribution in [0, 0.1) is 6.92 Å². The third kappa shape index (κ3) is 3.82. The highest BCUT2D eigenvalue weighted by atomic mass is 32.2. The van der Waals surface area contributed by atoms with E-state index in [0.29, 0.717) is 31.5 Å². The van der Waals surface area contributed by atoms with Gasteiger partial charge in [-0.15, -0.1) is 0 Å². The van der Waals surface area contributed by atoms with Crippen LogP contribution in [0.2, 0.25) is 0 Å². The van der Waals surface area contributed by atoms with Crippen molar-refractivity contribution in [2.75, 3.05) is 19.3 Å². The summed E-state index contributed by atoms with van der Waals surface area (Å²) >= 11 is 0. The maximum absolute atomic E-state index is 13.2. The number of nitrogens with one attached hydrogen (secondary N) is 1. The van der Waals surface area contributed by atoms with Gasteiger partial charge in [-0.05, 0) is 49.6 Å². The van der Waals surface area contributed by atoms with Gasteiger partial charge in [0.1, 0.15) is 5.82 Å². The second-order valence-corrected chi connectivity index (χ2v) is 11.4. The van der Waals surface area contributed by atoms with Gasteiger partial charge in [-0.1, -0.05) is 18.2 Å². The number of sulfone groups is 1.